The van der Waals surface area contributed by atoms with Crippen molar-refractivity contribution >= 4 is 11.6 Å². The van der Waals surface area contributed by atoms with E-state index in [4.69, 9.17) is 0 Å². The highest BCUT2D eigenvalue weighted by Gasteiger charge is 2.36. The van der Waals surface area contributed by atoms with Crippen LogP contribution in [-0.4, -0.2) is 48.0 Å². The second-order valence-electron chi connectivity index (χ2n) is 5.29. The van der Waals surface area contributed by atoms with Crippen molar-refractivity contribution in [3.05, 3.63) is 24.0 Å². The quantitative estimate of drug-likeness (QED) is 0.854. The number of aromatic nitrogens is 1. The first-order valence-electron chi connectivity index (χ1n) is 6.96. The summed E-state index contributed by atoms with van der Waals surface area (Å²) in [5, 5.41) is 6.17. The van der Waals surface area contributed by atoms with E-state index in [0.29, 0.717) is 17.8 Å². The maximum Gasteiger partial charge on any atom is 0.269 e. The minimum atomic E-state index is -0.141. The third-order valence-electron chi connectivity index (χ3n) is 4.18. The summed E-state index contributed by atoms with van der Waals surface area (Å²) in [7, 11) is 1.62. The van der Waals surface area contributed by atoms with E-state index in [1.807, 2.05) is 12.1 Å². The molecule has 2 unspecified atom stereocenters. The van der Waals surface area contributed by atoms with Gasteiger partial charge < -0.3 is 10.6 Å². The molecule has 0 aliphatic carbocycles. The van der Waals surface area contributed by atoms with E-state index in [9.17, 15) is 4.79 Å². The molecular formula is C14H20N4O. The first-order chi connectivity index (χ1) is 9.28. The Morgan fingerprint density at radius 3 is 3.16 bits per heavy atom. The van der Waals surface area contributed by atoms with Crippen molar-refractivity contribution in [2.75, 3.05) is 25.5 Å². The number of hydrogen-bond donors (Lipinski definition) is 2. The average molecular weight is 260 g/mol. The van der Waals surface area contributed by atoms with Crippen LogP contribution in [0.2, 0.25) is 0 Å². The van der Waals surface area contributed by atoms with E-state index in [0.717, 1.165) is 5.69 Å². The number of rotatable bonds is 3. The summed E-state index contributed by atoms with van der Waals surface area (Å²) in [6.45, 7) is 2.43. The third kappa shape index (κ3) is 2.42. The summed E-state index contributed by atoms with van der Waals surface area (Å²) in [5.74, 6) is -0.141. The van der Waals surface area contributed by atoms with Crippen LogP contribution in [0.15, 0.2) is 18.3 Å². The minimum Gasteiger partial charge on any atom is -0.381 e. The van der Waals surface area contributed by atoms with Crippen LogP contribution in [-0.2, 0) is 0 Å². The van der Waals surface area contributed by atoms with Gasteiger partial charge in [-0.3, -0.25) is 14.7 Å². The van der Waals surface area contributed by atoms with Crippen LogP contribution in [0, 0.1) is 0 Å². The molecular weight excluding hydrogens is 240 g/mol. The lowest BCUT2D eigenvalue weighted by Gasteiger charge is -2.22. The highest BCUT2D eigenvalue weighted by Crippen LogP contribution is 2.30. The van der Waals surface area contributed by atoms with Crippen LogP contribution in [0.1, 0.15) is 29.8 Å². The molecule has 0 radical (unpaired) electrons. The molecule has 1 amide bonds. The maximum atomic E-state index is 11.6. The fraction of sp³-hybridized carbons (Fsp3) is 0.571. The summed E-state index contributed by atoms with van der Waals surface area (Å²) in [5.41, 5.74) is 1.46. The van der Waals surface area contributed by atoms with Gasteiger partial charge in [0.2, 0.25) is 0 Å². The topological polar surface area (TPSA) is 57.3 Å². The Kier molecular flexibility index (Phi) is 3.38. The molecule has 19 heavy (non-hydrogen) atoms. The molecule has 0 spiro atoms. The molecule has 1 aromatic rings. The molecule has 0 saturated carbocycles. The van der Waals surface area contributed by atoms with E-state index in [1.54, 1.807) is 13.2 Å². The summed E-state index contributed by atoms with van der Waals surface area (Å²) < 4.78 is 0. The molecule has 102 valence electrons. The third-order valence-corrected chi connectivity index (χ3v) is 4.18. The summed E-state index contributed by atoms with van der Waals surface area (Å²) >= 11 is 0. The van der Waals surface area contributed by atoms with E-state index in [-0.39, 0.29) is 5.91 Å². The molecule has 2 atom stereocenters. The van der Waals surface area contributed by atoms with Crippen LogP contribution >= 0.6 is 0 Å². The van der Waals surface area contributed by atoms with Gasteiger partial charge in [0.1, 0.15) is 5.69 Å². The number of anilines is 1. The fourth-order valence-corrected chi connectivity index (χ4v) is 3.24. The molecule has 1 aromatic heterocycles. The van der Waals surface area contributed by atoms with E-state index in [1.165, 1.54) is 32.4 Å². The van der Waals surface area contributed by atoms with Gasteiger partial charge in [0.15, 0.2) is 0 Å². The number of pyridine rings is 1. The van der Waals surface area contributed by atoms with Gasteiger partial charge in [-0.2, -0.15) is 0 Å². The molecule has 0 bridgehead atoms. The van der Waals surface area contributed by atoms with Gasteiger partial charge in [-0.05, 0) is 37.9 Å². The molecule has 5 nitrogen and oxygen atoms in total. The fourth-order valence-electron chi connectivity index (χ4n) is 3.24. The molecule has 3 rings (SSSR count). The predicted molar refractivity (Wildman–Crippen MR) is 74.2 cm³/mol. The van der Waals surface area contributed by atoms with Gasteiger partial charge in [0.25, 0.3) is 5.91 Å². The second kappa shape index (κ2) is 5.17. The maximum absolute atomic E-state index is 11.6. The van der Waals surface area contributed by atoms with Crippen molar-refractivity contribution in [1.82, 2.24) is 15.2 Å². The predicted octanol–water partition coefficient (Wildman–Crippen LogP) is 1.09. The molecule has 2 fully saturated rings. The van der Waals surface area contributed by atoms with Crippen molar-refractivity contribution in [2.45, 2.75) is 31.3 Å². The molecule has 2 aliphatic rings. The Morgan fingerprint density at radius 1 is 1.42 bits per heavy atom. The summed E-state index contributed by atoms with van der Waals surface area (Å²) in [6.07, 6.45) is 5.46. The Labute approximate surface area is 113 Å². The second-order valence-corrected chi connectivity index (χ2v) is 5.29. The number of nitrogens with zero attached hydrogens (tertiary/aromatic N) is 2. The van der Waals surface area contributed by atoms with Crippen molar-refractivity contribution in [1.29, 1.82) is 0 Å². The smallest absolute Gasteiger partial charge is 0.269 e. The van der Waals surface area contributed by atoms with Gasteiger partial charge in [-0.25, -0.2) is 0 Å². The normalized spacial score (nSPS) is 26.2. The Bertz CT molecular complexity index is 476. The standard InChI is InChI=1S/C14H20N4O/c1-15-14(19)12-9-10(4-6-16-12)17-11-5-8-18-7-2-3-13(11)18/h4,6,9,11,13H,2-3,5,7-8H2,1H3,(H,15,19)(H,16,17). The molecule has 2 saturated heterocycles. The minimum absolute atomic E-state index is 0.141. The molecule has 2 N–H and O–H groups in total. The lowest BCUT2D eigenvalue weighted by Crippen LogP contribution is -2.33. The summed E-state index contributed by atoms with van der Waals surface area (Å²) in [6, 6.07) is 4.93. The first kappa shape index (κ1) is 12.4. The highest BCUT2D eigenvalue weighted by atomic mass is 16.1. The van der Waals surface area contributed by atoms with Crippen LogP contribution in [0.5, 0.6) is 0 Å². The number of fused-ring (bicyclic) bond motifs is 1. The number of carbonyl (C=O) groups is 1. The zero-order chi connectivity index (χ0) is 13.2. The molecule has 2 aliphatic heterocycles. The summed E-state index contributed by atoms with van der Waals surface area (Å²) in [4.78, 5) is 18.2. The lowest BCUT2D eigenvalue weighted by atomic mass is 10.1. The van der Waals surface area contributed by atoms with Crippen molar-refractivity contribution in [3.8, 4) is 0 Å². The Morgan fingerprint density at radius 2 is 2.32 bits per heavy atom. The Hall–Kier alpha value is -1.62. The van der Waals surface area contributed by atoms with E-state index < -0.39 is 0 Å². The van der Waals surface area contributed by atoms with Gasteiger partial charge in [-0.1, -0.05) is 0 Å². The van der Waals surface area contributed by atoms with Crippen molar-refractivity contribution in [3.63, 3.8) is 0 Å². The lowest BCUT2D eigenvalue weighted by molar-refractivity contribution is 0.0958. The largest absolute Gasteiger partial charge is 0.381 e. The monoisotopic (exact) mass is 260 g/mol. The van der Waals surface area contributed by atoms with Crippen molar-refractivity contribution < 1.29 is 4.79 Å². The van der Waals surface area contributed by atoms with E-state index >= 15 is 0 Å². The van der Waals surface area contributed by atoms with Crippen LogP contribution < -0.4 is 10.6 Å². The Balaban J connectivity index is 1.71. The molecule has 5 heteroatoms. The molecule has 3 heterocycles. The van der Waals surface area contributed by atoms with Gasteiger partial charge >= 0.3 is 0 Å². The van der Waals surface area contributed by atoms with E-state index in [2.05, 4.69) is 20.5 Å². The van der Waals surface area contributed by atoms with Crippen LogP contribution in [0.25, 0.3) is 0 Å². The van der Waals surface area contributed by atoms with Gasteiger partial charge in [0.05, 0.1) is 0 Å². The number of hydrogen-bond acceptors (Lipinski definition) is 4. The van der Waals surface area contributed by atoms with Crippen LogP contribution in [0.4, 0.5) is 5.69 Å². The van der Waals surface area contributed by atoms with Crippen LogP contribution in [0.3, 0.4) is 0 Å². The SMILES string of the molecule is CNC(=O)c1cc(NC2CCN3CCCC23)ccn1. The number of amides is 1. The molecule has 0 aromatic carbocycles. The number of carbonyl (C=O) groups excluding carboxylic acids is 1. The van der Waals surface area contributed by atoms with Crippen molar-refractivity contribution in [2.24, 2.45) is 0 Å². The average Bonchev–Trinajstić information content (AvgIpc) is 3.03. The zero-order valence-electron chi connectivity index (χ0n) is 11.2. The number of nitrogens with one attached hydrogen (secondary N) is 2. The van der Waals surface area contributed by atoms with Gasteiger partial charge in [-0.15, -0.1) is 0 Å². The van der Waals surface area contributed by atoms with Gasteiger partial charge in [0, 0.05) is 37.6 Å². The zero-order valence-corrected chi connectivity index (χ0v) is 11.2. The first-order valence-corrected chi connectivity index (χ1v) is 6.96. The highest BCUT2D eigenvalue weighted by molar-refractivity contribution is 5.92.